The molecule has 1 heterocycles. The molecule has 0 saturated carbocycles. The number of rotatable bonds is 12. The Morgan fingerprint density at radius 3 is 2.48 bits per heavy atom. The zero-order chi connectivity index (χ0) is 29.9. The molecule has 42 heavy (non-hydrogen) atoms. The molecule has 0 saturated heterocycles. The molecule has 0 aliphatic carbocycles. The molecule has 11 heteroatoms. The topological polar surface area (TPSA) is 137 Å². The van der Waals surface area contributed by atoms with Crippen molar-refractivity contribution in [2.24, 2.45) is 5.10 Å². The van der Waals surface area contributed by atoms with Crippen LogP contribution in [-0.4, -0.2) is 44.4 Å². The van der Waals surface area contributed by atoms with Crippen LogP contribution in [0.1, 0.15) is 36.6 Å². The van der Waals surface area contributed by atoms with Gasteiger partial charge in [0.05, 0.1) is 31.5 Å². The molecule has 218 valence electrons. The maximum atomic E-state index is 12.6. The van der Waals surface area contributed by atoms with Gasteiger partial charge in [0, 0.05) is 5.70 Å². The van der Waals surface area contributed by atoms with Crippen LogP contribution in [0.3, 0.4) is 0 Å². The van der Waals surface area contributed by atoms with Crippen molar-refractivity contribution in [1.82, 2.24) is 16.1 Å². The van der Waals surface area contributed by atoms with Crippen LogP contribution in [-0.2, 0) is 20.9 Å². The molecule has 0 unspecified atom stereocenters. The molecule has 3 aromatic rings. The minimum absolute atomic E-state index is 0.189. The predicted molar refractivity (Wildman–Crippen MR) is 155 cm³/mol. The van der Waals surface area contributed by atoms with Crippen molar-refractivity contribution >= 4 is 24.1 Å². The Morgan fingerprint density at radius 2 is 1.76 bits per heavy atom. The maximum Gasteiger partial charge on any atom is 0.338 e. The van der Waals surface area contributed by atoms with E-state index in [0.717, 1.165) is 16.9 Å². The number of hydrazone groups is 1. The Kier molecular flexibility index (Phi) is 10.1. The Hall–Kier alpha value is -5.32. The molecule has 0 fully saturated rings. The van der Waals surface area contributed by atoms with Gasteiger partial charge in [-0.1, -0.05) is 36.4 Å². The van der Waals surface area contributed by atoms with E-state index in [-0.39, 0.29) is 18.8 Å². The number of allylic oxidation sites excluding steroid dienone is 1. The summed E-state index contributed by atoms with van der Waals surface area (Å²) in [6.45, 7) is 3.67. The van der Waals surface area contributed by atoms with Crippen LogP contribution in [0.4, 0.5) is 4.79 Å². The lowest BCUT2D eigenvalue weighted by atomic mass is 9.95. The smallest absolute Gasteiger partial charge is 0.338 e. The zero-order valence-electron chi connectivity index (χ0n) is 23.5. The summed E-state index contributed by atoms with van der Waals surface area (Å²) in [5, 5.41) is 9.30. The van der Waals surface area contributed by atoms with Gasteiger partial charge in [0.15, 0.2) is 18.1 Å². The summed E-state index contributed by atoms with van der Waals surface area (Å²) in [7, 11) is 1.45. The first kappa shape index (κ1) is 29.7. The van der Waals surface area contributed by atoms with E-state index >= 15 is 0 Å². The van der Waals surface area contributed by atoms with Crippen LogP contribution in [0.5, 0.6) is 17.2 Å². The second-order valence-electron chi connectivity index (χ2n) is 9.13. The highest BCUT2D eigenvalue weighted by Crippen LogP contribution is 2.34. The molecule has 11 nitrogen and oxygen atoms in total. The first-order chi connectivity index (χ1) is 20.4. The molecule has 0 bridgehead atoms. The van der Waals surface area contributed by atoms with Gasteiger partial charge in [-0.2, -0.15) is 5.10 Å². The fraction of sp³-hybridized carbons (Fsp3) is 0.226. The largest absolute Gasteiger partial charge is 0.493 e. The highest BCUT2D eigenvalue weighted by molar-refractivity contribution is 5.95. The van der Waals surface area contributed by atoms with E-state index in [4.69, 9.17) is 18.9 Å². The Morgan fingerprint density at radius 1 is 1.00 bits per heavy atom. The SMILES string of the molecule is CCOC(=O)C1=C(C)NC(=O)N[C@H]1c1ccc(OCC(=O)N/N=C\c2ccc(OCc3ccccc3)cc2)c(OC)c1. The number of urea groups is 1. The lowest BCUT2D eigenvalue weighted by molar-refractivity contribution is -0.139. The molecule has 3 N–H and O–H groups in total. The molecule has 3 amide bonds. The molecular formula is C31H32N4O7. The first-order valence-corrected chi connectivity index (χ1v) is 13.2. The number of hydrogen-bond acceptors (Lipinski definition) is 8. The monoisotopic (exact) mass is 572 g/mol. The zero-order valence-corrected chi connectivity index (χ0v) is 23.5. The Balaban J connectivity index is 1.31. The molecule has 3 aromatic carbocycles. The predicted octanol–water partition coefficient (Wildman–Crippen LogP) is 3.99. The highest BCUT2D eigenvalue weighted by atomic mass is 16.5. The fourth-order valence-corrected chi connectivity index (χ4v) is 4.15. The Bertz CT molecular complexity index is 1470. The second kappa shape index (κ2) is 14.4. The molecule has 1 aliphatic rings. The standard InChI is InChI=1S/C31H32N4O7/c1-4-40-30(37)28-20(2)33-31(38)34-29(28)23-12-15-25(26(16-23)39-3)42-19-27(36)35-32-17-21-10-13-24(14-11-21)41-18-22-8-6-5-7-9-22/h5-17,29H,4,18-19H2,1-3H3,(H,35,36)(H2,33,34,38)/b32-17-/t29-/m0/s1. The van der Waals surface area contributed by atoms with Crippen LogP contribution in [0, 0.1) is 0 Å². The van der Waals surface area contributed by atoms with E-state index in [2.05, 4.69) is 21.2 Å². The number of carbonyl (C=O) groups is 3. The summed E-state index contributed by atoms with van der Waals surface area (Å²) in [5.41, 5.74) is 5.52. The first-order valence-electron chi connectivity index (χ1n) is 13.2. The van der Waals surface area contributed by atoms with Gasteiger partial charge in [0.1, 0.15) is 12.4 Å². The Labute approximate surface area is 243 Å². The maximum absolute atomic E-state index is 12.6. The van der Waals surface area contributed by atoms with Gasteiger partial charge in [-0.05, 0) is 66.9 Å². The molecule has 0 spiro atoms. The van der Waals surface area contributed by atoms with Crippen molar-refractivity contribution in [3.63, 3.8) is 0 Å². The van der Waals surface area contributed by atoms with Crippen LogP contribution < -0.4 is 30.3 Å². The van der Waals surface area contributed by atoms with Crippen molar-refractivity contribution in [3.05, 3.63) is 101 Å². The lowest BCUT2D eigenvalue weighted by Gasteiger charge is -2.28. The van der Waals surface area contributed by atoms with Crippen molar-refractivity contribution < 1.29 is 33.3 Å². The van der Waals surface area contributed by atoms with Gasteiger partial charge in [0.2, 0.25) is 0 Å². The van der Waals surface area contributed by atoms with E-state index in [1.54, 1.807) is 32.0 Å². The number of carbonyl (C=O) groups excluding carboxylic acids is 3. The van der Waals surface area contributed by atoms with Gasteiger partial charge in [-0.25, -0.2) is 15.0 Å². The highest BCUT2D eigenvalue weighted by Gasteiger charge is 2.32. The van der Waals surface area contributed by atoms with Crippen molar-refractivity contribution in [2.75, 3.05) is 20.3 Å². The average molecular weight is 573 g/mol. The van der Waals surface area contributed by atoms with Gasteiger partial charge in [-0.15, -0.1) is 0 Å². The van der Waals surface area contributed by atoms with Gasteiger partial charge in [-0.3, -0.25) is 4.79 Å². The minimum atomic E-state index is -0.761. The van der Waals surface area contributed by atoms with Crippen molar-refractivity contribution in [3.8, 4) is 17.2 Å². The average Bonchev–Trinajstić information content (AvgIpc) is 2.99. The number of methoxy groups -OCH3 is 1. The summed E-state index contributed by atoms with van der Waals surface area (Å²) in [4.78, 5) is 37.0. The van der Waals surface area contributed by atoms with E-state index < -0.39 is 23.9 Å². The molecule has 1 aliphatic heterocycles. The summed E-state index contributed by atoms with van der Waals surface area (Å²) in [6.07, 6.45) is 1.51. The molecule has 1 atom stereocenters. The molecule has 0 radical (unpaired) electrons. The van der Waals surface area contributed by atoms with E-state index in [0.29, 0.717) is 29.4 Å². The number of esters is 1. The number of amides is 3. The molecule has 4 rings (SSSR count). The van der Waals surface area contributed by atoms with Crippen molar-refractivity contribution in [2.45, 2.75) is 26.5 Å². The second-order valence-corrected chi connectivity index (χ2v) is 9.13. The minimum Gasteiger partial charge on any atom is -0.493 e. The van der Waals surface area contributed by atoms with Gasteiger partial charge < -0.3 is 29.6 Å². The normalized spacial score (nSPS) is 14.5. The van der Waals surface area contributed by atoms with Crippen molar-refractivity contribution in [1.29, 1.82) is 0 Å². The molecule has 0 aromatic heterocycles. The van der Waals surface area contributed by atoms with Gasteiger partial charge >= 0.3 is 12.0 Å². The fourth-order valence-electron chi connectivity index (χ4n) is 4.15. The summed E-state index contributed by atoms with van der Waals surface area (Å²) < 4.78 is 22.0. The van der Waals surface area contributed by atoms with Crippen LogP contribution in [0.25, 0.3) is 0 Å². The number of nitrogens with one attached hydrogen (secondary N) is 3. The third-order valence-corrected chi connectivity index (χ3v) is 6.18. The van der Waals surface area contributed by atoms with E-state index in [1.165, 1.54) is 13.3 Å². The number of hydrogen-bond donors (Lipinski definition) is 3. The van der Waals surface area contributed by atoms with Crippen LogP contribution in [0.15, 0.2) is 89.2 Å². The van der Waals surface area contributed by atoms with Crippen LogP contribution >= 0.6 is 0 Å². The van der Waals surface area contributed by atoms with E-state index in [1.807, 2.05) is 54.6 Å². The van der Waals surface area contributed by atoms with Crippen LogP contribution in [0.2, 0.25) is 0 Å². The third kappa shape index (κ3) is 7.87. The summed E-state index contributed by atoms with van der Waals surface area (Å²) in [5.74, 6) is 0.307. The summed E-state index contributed by atoms with van der Waals surface area (Å²) >= 11 is 0. The quantitative estimate of drug-likeness (QED) is 0.170. The third-order valence-electron chi connectivity index (χ3n) is 6.18. The van der Waals surface area contributed by atoms with Gasteiger partial charge in [0.25, 0.3) is 5.91 Å². The molecular weight excluding hydrogens is 540 g/mol. The number of nitrogens with zero attached hydrogens (tertiary/aromatic N) is 1. The van der Waals surface area contributed by atoms with E-state index in [9.17, 15) is 14.4 Å². The summed E-state index contributed by atoms with van der Waals surface area (Å²) in [6, 6.07) is 20.9. The number of ether oxygens (including phenoxy) is 4. The number of benzene rings is 3. The lowest BCUT2D eigenvalue weighted by Crippen LogP contribution is -2.45.